The van der Waals surface area contributed by atoms with Gasteiger partial charge in [-0.2, -0.15) is 8.42 Å². The smallest absolute Gasteiger partial charge is 0.295 e. The zero-order valence-electron chi connectivity index (χ0n) is 14.9. The average molecular weight is 401 g/mol. The zero-order chi connectivity index (χ0) is 19.0. The molecule has 0 fully saturated rings. The maximum Gasteiger partial charge on any atom is 0.295 e. The molecule has 0 atom stereocenters. The molecule has 6 nitrogen and oxygen atoms in total. The summed E-state index contributed by atoms with van der Waals surface area (Å²) in [6, 6.07) is 20.3. The van der Waals surface area contributed by atoms with E-state index in [2.05, 4.69) is 10.2 Å². The van der Waals surface area contributed by atoms with Crippen LogP contribution in [0.25, 0.3) is 21.5 Å². The average Bonchev–Trinajstić information content (AvgIpc) is 2.66. The first kappa shape index (κ1) is 20.4. The van der Waals surface area contributed by atoms with Crippen LogP contribution in [0.5, 0.6) is 5.75 Å². The van der Waals surface area contributed by atoms with Crippen LogP contribution in [-0.4, -0.2) is 47.6 Å². The molecule has 0 aliphatic heterocycles. The molecular weight excluding hydrogens is 387 g/mol. The summed E-state index contributed by atoms with van der Waals surface area (Å²) in [4.78, 5) is -0.239. The van der Waals surface area contributed by atoms with Crippen molar-refractivity contribution >= 4 is 72.6 Å². The van der Waals surface area contributed by atoms with Gasteiger partial charge in [-0.05, 0) is 29.0 Å². The van der Waals surface area contributed by atoms with Crippen LogP contribution in [0, 0.1) is 0 Å². The topological polar surface area (TPSA) is 99.3 Å². The van der Waals surface area contributed by atoms with Crippen LogP contribution >= 0.6 is 0 Å². The van der Waals surface area contributed by atoms with Crippen LogP contribution in [0.15, 0.2) is 87.9 Å². The standard InChI is InChI=1S/C20H14N2O4S.Na/c23-17-12-11-13-5-1-2-8-15(13)20(17)22-21-16-9-3-6-14-7-4-10-18(19(14)16)27(24,25)26;/h1-12,23H,(H,24,25,26);. The van der Waals surface area contributed by atoms with Crippen molar-refractivity contribution in [2.45, 2.75) is 4.90 Å². The Kier molecular flexibility index (Phi) is 5.83. The number of hydrogen-bond donors (Lipinski definition) is 2. The summed E-state index contributed by atoms with van der Waals surface area (Å²) in [6.45, 7) is 0. The van der Waals surface area contributed by atoms with Crippen LogP contribution in [0.1, 0.15) is 0 Å². The van der Waals surface area contributed by atoms with Crippen molar-refractivity contribution < 1.29 is 18.1 Å². The number of phenols is 1. The summed E-state index contributed by atoms with van der Waals surface area (Å²) >= 11 is 0. The molecule has 28 heavy (non-hydrogen) atoms. The summed E-state index contributed by atoms with van der Waals surface area (Å²) in [5.41, 5.74) is 0.558. The summed E-state index contributed by atoms with van der Waals surface area (Å²) in [7, 11) is -4.43. The molecule has 4 rings (SSSR count). The van der Waals surface area contributed by atoms with Gasteiger partial charge in [-0.3, -0.25) is 4.55 Å². The Labute approximate surface area is 183 Å². The molecule has 0 saturated heterocycles. The van der Waals surface area contributed by atoms with Crippen molar-refractivity contribution in [3.63, 3.8) is 0 Å². The third kappa shape index (κ3) is 3.80. The quantitative estimate of drug-likeness (QED) is 0.287. The van der Waals surface area contributed by atoms with Gasteiger partial charge in [0.05, 0.1) is 5.69 Å². The Morgan fingerprint density at radius 2 is 1.43 bits per heavy atom. The Morgan fingerprint density at radius 1 is 0.750 bits per heavy atom. The normalized spacial score (nSPS) is 11.8. The fourth-order valence-electron chi connectivity index (χ4n) is 3.04. The third-order valence-electron chi connectivity index (χ3n) is 4.26. The van der Waals surface area contributed by atoms with Gasteiger partial charge >= 0.3 is 0 Å². The number of fused-ring (bicyclic) bond motifs is 2. The molecule has 0 saturated carbocycles. The third-order valence-corrected chi connectivity index (χ3v) is 5.16. The van der Waals surface area contributed by atoms with E-state index in [4.69, 9.17) is 0 Å². The first-order valence-electron chi connectivity index (χ1n) is 8.07. The molecule has 4 aromatic rings. The zero-order valence-corrected chi connectivity index (χ0v) is 17.8. The fourth-order valence-corrected chi connectivity index (χ4v) is 3.77. The van der Waals surface area contributed by atoms with Gasteiger partial charge in [0.25, 0.3) is 10.1 Å². The Morgan fingerprint density at radius 3 is 2.18 bits per heavy atom. The minimum atomic E-state index is -4.43. The Balaban J connectivity index is 0.00000225. The van der Waals surface area contributed by atoms with Gasteiger partial charge in [0.1, 0.15) is 16.3 Å². The first-order chi connectivity index (χ1) is 12.9. The molecular formula is C20H14N2NaO4S. The van der Waals surface area contributed by atoms with E-state index in [1.807, 2.05) is 24.3 Å². The number of rotatable bonds is 3. The molecule has 0 unspecified atom stereocenters. The van der Waals surface area contributed by atoms with Crippen molar-refractivity contribution in [2.24, 2.45) is 10.2 Å². The second kappa shape index (κ2) is 7.98. The molecule has 0 aliphatic rings. The minimum absolute atomic E-state index is 0. The largest absolute Gasteiger partial charge is 0.506 e. The van der Waals surface area contributed by atoms with E-state index < -0.39 is 10.1 Å². The van der Waals surface area contributed by atoms with E-state index in [9.17, 15) is 18.1 Å². The maximum atomic E-state index is 11.7. The Hall–Kier alpha value is -2.29. The molecule has 8 heteroatoms. The predicted octanol–water partition coefficient (Wildman–Crippen LogP) is 4.98. The molecule has 0 amide bonds. The van der Waals surface area contributed by atoms with Gasteiger partial charge in [0.2, 0.25) is 0 Å². The van der Waals surface area contributed by atoms with E-state index in [1.165, 1.54) is 12.1 Å². The van der Waals surface area contributed by atoms with Gasteiger partial charge in [0, 0.05) is 40.3 Å². The predicted molar refractivity (Wildman–Crippen MR) is 109 cm³/mol. The van der Waals surface area contributed by atoms with E-state index in [1.54, 1.807) is 36.4 Å². The number of aromatic hydroxyl groups is 1. The van der Waals surface area contributed by atoms with E-state index in [0.29, 0.717) is 5.39 Å². The SMILES string of the molecule is O=S(=O)(O)c1cccc2cccc(N=Nc3c(O)ccc4ccccc34)c12.[Na]. The fraction of sp³-hybridized carbons (Fsp3) is 0. The second-order valence-corrected chi connectivity index (χ2v) is 7.35. The molecule has 0 heterocycles. The monoisotopic (exact) mass is 401 g/mol. The van der Waals surface area contributed by atoms with Crippen LogP contribution < -0.4 is 0 Å². The number of hydrogen-bond acceptors (Lipinski definition) is 5. The molecule has 0 spiro atoms. The van der Waals surface area contributed by atoms with Crippen LogP contribution in [0.4, 0.5) is 11.4 Å². The van der Waals surface area contributed by atoms with Gasteiger partial charge in [-0.1, -0.05) is 54.6 Å². The summed E-state index contributed by atoms with van der Waals surface area (Å²) in [5.74, 6) is -0.0345. The van der Waals surface area contributed by atoms with Gasteiger partial charge in [-0.15, -0.1) is 10.2 Å². The number of azo groups is 1. The summed E-state index contributed by atoms with van der Waals surface area (Å²) in [6.07, 6.45) is 0. The van der Waals surface area contributed by atoms with E-state index >= 15 is 0 Å². The Bertz CT molecular complexity index is 1320. The maximum absolute atomic E-state index is 11.7. The summed E-state index contributed by atoms with van der Waals surface area (Å²) < 4.78 is 33.0. The van der Waals surface area contributed by atoms with E-state index in [-0.39, 0.29) is 57.0 Å². The number of phenolic OH excluding ortho intramolecular Hbond substituents is 1. The van der Waals surface area contributed by atoms with Crippen molar-refractivity contribution in [3.8, 4) is 5.75 Å². The van der Waals surface area contributed by atoms with Crippen molar-refractivity contribution in [3.05, 3.63) is 72.8 Å². The van der Waals surface area contributed by atoms with Crippen LogP contribution in [-0.2, 0) is 10.1 Å². The van der Waals surface area contributed by atoms with Crippen LogP contribution in [0.2, 0.25) is 0 Å². The van der Waals surface area contributed by atoms with Crippen LogP contribution in [0.3, 0.4) is 0 Å². The van der Waals surface area contributed by atoms with Gasteiger partial charge < -0.3 is 5.11 Å². The molecule has 135 valence electrons. The molecule has 2 N–H and O–H groups in total. The minimum Gasteiger partial charge on any atom is -0.506 e. The number of benzene rings is 4. The van der Waals surface area contributed by atoms with Crippen molar-refractivity contribution in [1.29, 1.82) is 0 Å². The van der Waals surface area contributed by atoms with Crippen molar-refractivity contribution in [2.75, 3.05) is 0 Å². The molecule has 0 aliphatic carbocycles. The summed E-state index contributed by atoms with van der Waals surface area (Å²) in [5, 5.41) is 21.0. The van der Waals surface area contributed by atoms with E-state index in [0.717, 1.165) is 10.8 Å². The molecule has 0 aromatic heterocycles. The second-order valence-electron chi connectivity index (χ2n) is 5.96. The molecule has 0 bridgehead atoms. The van der Waals surface area contributed by atoms with Gasteiger partial charge in [0.15, 0.2) is 0 Å². The number of nitrogens with zero attached hydrogens (tertiary/aromatic N) is 2. The molecule has 1 radical (unpaired) electrons. The van der Waals surface area contributed by atoms with Gasteiger partial charge in [-0.25, -0.2) is 0 Å². The van der Waals surface area contributed by atoms with Crippen molar-refractivity contribution in [1.82, 2.24) is 0 Å². The first-order valence-corrected chi connectivity index (χ1v) is 9.51. The molecule has 4 aromatic carbocycles.